The Balaban J connectivity index is 2.30. The normalized spacial score (nSPS) is 43.2. The molecule has 0 aromatic heterocycles. The van der Waals surface area contributed by atoms with Crippen LogP contribution in [0.4, 0.5) is 0 Å². The van der Waals surface area contributed by atoms with Crippen molar-refractivity contribution < 1.29 is 5.11 Å². The van der Waals surface area contributed by atoms with E-state index in [0.717, 1.165) is 12.8 Å². The molecule has 0 radical (unpaired) electrons. The third-order valence-electron chi connectivity index (χ3n) is 5.25. The van der Waals surface area contributed by atoms with Gasteiger partial charge in [-0.15, -0.1) is 0 Å². The van der Waals surface area contributed by atoms with Gasteiger partial charge in [0.25, 0.3) is 0 Å². The molecule has 1 spiro atoms. The monoisotopic (exact) mass is 222 g/mol. The van der Waals surface area contributed by atoms with Gasteiger partial charge in [-0.1, -0.05) is 32.4 Å². The molecule has 1 N–H and O–H groups in total. The smallest absolute Gasteiger partial charge is 0.0607 e. The minimum atomic E-state index is -0.101. The zero-order chi connectivity index (χ0) is 12.0. The van der Waals surface area contributed by atoms with E-state index in [1.165, 1.54) is 24.8 Å². The zero-order valence-electron chi connectivity index (χ0n) is 11.2. The fourth-order valence-corrected chi connectivity index (χ4v) is 4.11. The molecule has 1 fully saturated rings. The third-order valence-corrected chi connectivity index (χ3v) is 5.25. The van der Waals surface area contributed by atoms with Crippen LogP contribution < -0.4 is 0 Å². The van der Waals surface area contributed by atoms with Crippen molar-refractivity contribution in [1.29, 1.82) is 0 Å². The predicted molar refractivity (Wildman–Crippen MR) is 68.2 cm³/mol. The molecule has 16 heavy (non-hydrogen) atoms. The molecule has 2 aliphatic rings. The summed E-state index contributed by atoms with van der Waals surface area (Å²) < 4.78 is 0. The van der Waals surface area contributed by atoms with Gasteiger partial charge in [0.05, 0.1) is 6.10 Å². The van der Waals surface area contributed by atoms with Crippen molar-refractivity contribution in [3.63, 3.8) is 0 Å². The average molecular weight is 222 g/mol. The van der Waals surface area contributed by atoms with E-state index in [1.807, 2.05) is 0 Å². The van der Waals surface area contributed by atoms with Crippen molar-refractivity contribution in [2.45, 2.75) is 65.9 Å². The van der Waals surface area contributed by atoms with Gasteiger partial charge in [0, 0.05) is 5.41 Å². The van der Waals surface area contributed by atoms with Crippen LogP contribution in [0.5, 0.6) is 0 Å². The summed E-state index contributed by atoms with van der Waals surface area (Å²) in [5.41, 5.74) is 1.94. The second-order valence-electron chi connectivity index (χ2n) is 6.86. The van der Waals surface area contributed by atoms with E-state index in [-0.39, 0.29) is 16.9 Å². The van der Waals surface area contributed by atoms with Crippen LogP contribution in [-0.2, 0) is 0 Å². The van der Waals surface area contributed by atoms with E-state index in [0.29, 0.717) is 5.92 Å². The molecule has 1 heteroatoms. The van der Waals surface area contributed by atoms with Gasteiger partial charge in [-0.2, -0.15) is 0 Å². The molecular formula is C15H26O. The molecule has 0 heterocycles. The van der Waals surface area contributed by atoms with Crippen molar-refractivity contribution in [3.05, 3.63) is 11.6 Å². The van der Waals surface area contributed by atoms with Crippen LogP contribution in [-0.4, -0.2) is 11.2 Å². The fraction of sp³-hybridized carbons (Fsp3) is 0.867. The Bertz CT molecular complexity index is 303. The van der Waals surface area contributed by atoms with Crippen LogP contribution in [0.15, 0.2) is 11.6 Å². The van der Waals surface area contributed by atoms with Crippen LogP contribution in [0.1, 0.15) is 59.8 Å². The van der Waals surface area contributed by atoms with E-state index in [9.17, 15) is 5.11 Å². The standard InChI is InChI=1S/C15H26O/c1-11-5-7-15(8-6-11)13(16)9-12(2)10-14(15,3)4/h5,12-13,16H,6-10H2,1-4H3/t12?,13?,15-/m1/s1. The largest absolute Gasteiger partial charge is 0.393 e. The van der Waals surface area contributed by atoms with Crippen LogP contribution in [0.2, 0.25) is 0 Å². The molecule has 1 nitrogen and oxygen atoms in total. The lowest BCUT2D eigenvalue weighted by molar-refractivity contribution is -0.120. The van der Waals surface area contributed by atoms with Gasteiger partial charge in [-0.05, 0) is 50.4 Å². The number of aliphatic hydroxyl groups is 1. The molecule has 92 valence electrons. The molecule has 0 aliphatic heterocycles. The fourth-order valence-electron chi connectivity index (χ4n) is 4.11. The number of hydrogen-bond acceptors (Lipinski definition) is 1. The molecule has 0 aromatic carbocycles. The highest BCUT2D eigenvalue weighted by Crippen LogP contribution is 2.58. The molecule has 0 saturated heterocycles. The average Bonchev–Trinajstić information content (AvgIpc) is 2.15. The molecule has 0 bridgehead atoms. The van der Waals surface area contributed by atoms with Gasteiger partial charge >= 0.3 is 0 Å². The molecule has 0 amide bonds. The van der Waals surface area contributed by atoms with Crippen molar-refractivity contribution in [2.75, 3.05) is 0 Å². The lowest BCUT2D eigenvalue weighted by atomic mass is 9.50. The highest BCUT2D eigenvalue weighted by Gasteiger charge is 2.53. The summed E-state index contributed by atoms with van der Waals surface area (Å²) in [6, 6.07) is 0. The second-order valence-corrected chi connectivity index (χ2v) is 6.86. The first-order chi connectivity index (χ1) is 7.37. The van der Waals surface area contributed by atoms with Gasteiger partial charge in [0.2, 0.25) is 0 Å². The van der Waals surface area contributed by atoms with Crippen LogP contribution in [0, 0.1) is 16.7 Å². The lowest BCUT2D eigenvalue weighted by Gasteiger charge is -2.56. The summed E-state index contributed by atoms with van der Waals surface area (Å²) in [5, 5.41) is 10.5. The zero-order valence-corrected chi connectivity index (χ0v) is 11.2. The second kappa shape index (κ2) is 3.87. The van der Waals surface area contributed by atoms with E-state index >= 15 is 0 Å². The van der Waals surface area contributed by atoms with Crippen molar-refractivity contribution >= 4 is 0 Å². The molecule has 0 aromatic rings. The molecule has 2 aliphatic carbocycles. The molecule has 3 atom stereocenters. The number of rotatable bonds is 0. The summed E-state index contributed by atoms with van der Waals surface area (Å²) >= 11 is 0. The van der Waals surface area contributed by atoms with Crippen molar-refractivity contribution in [3.8, 4) is 0 Å². The Morgan fingerprint density at radius 3 is 2.56 bits per heavy atom. The first kappa shape index (κ1) is 12.2. The minimum absolute atomic E-state index is 0.101. The van der Waals surface area contributed by atoms with Crippen LogP contribution >= 0.6 is 0 Å². The van der Waals surface area contributed by atoms with Crippen molar-refractivity contribution in [2.24, 2.45) is 16.7 Å². The summed E-state index contributed by atoms with van der Waals surface area (Å²) in [7, 11) is 0. The molecular weight excluding hydrogens is 196 g/mol. The Hall–Kier alpha value is -0.300. The summed E-state index contributed by atoms with van der Waals surface area (Å²) in [6.45, 7) is 9.22. The van der Waals surface area contributed by atoms with E-state index in [4.69, 9.17) is 0 Å². The Labute approximate surface area is 99.9 Å². The maximum atomic E-state index is 10.5. The molecule has 2 unspecified atom stereocenters. The van der Waals surface area contributed by atoms with Gasteiger partial charge in [0.1, 0.15) is 0 Å². The number of hydrogen-bond donors (Lipinski definition) is 1. The highest BCUT2D eigenvalue weighted by atomic mass is 16.3. The summed E-state index contributed by atoms with van der Waals surface area (Å²) in [6.07, 6.45) is 7.96. The van der Waals surface area contributed by atoms with Crippen LogP contribution in [0.25, 0.3) is 0 Å². The Kier molecular flexibility index (Phi) is 2.94. The maximum Gasteiger partial charge on any atom is 0.0607 e. The van der Waals surface area contributed by atoms with E-state index in [1.54, 1.807) is 0 Å². The van der Waals surface area contributed by atoms with Crippen LogP contribution in [0.3, 0.4) is 0 Å². The Morgan fingerprint density at radius 1 is 1.38 bits per heavy atom. The number of allylic oxidation sites excluding steroid dienone is 2. The first-order valence-corrected chi connectivity index (χ1v) is 6.71. The van der Waals surface area contributed by atoms with Gasteiger partial charge in [-0.25, -0.2) is 0 Å². The quantitative estimate of drug-likeness (QED) is 0.616. The topological polar surface area (TPSA) is 20.2 Å². The third kappa shape index (κ3) is 1.73. The predicted octanol–water partition coefficient (Wildman–Crippen LogP) is 3.92. The highest BCUT2D eigenvalue weighted by molar-refractivity contribution is 5.14. The summed E-state index contributed by atoms with van der Waals surface area (Å²) in [4.78, 5) is 0. The lowest BCUT2D eigenvalue weighted by Crippen LogP contribution is -2.52. The van der Waals surface area contributed by atoms with E-state index < -0.39 is 0 Å². The summed E-state index contributed by atoms with van der Waals surface area (Å²) in [5.74, 6) is 0.669. The van der Waals surface area contributed by atoms with E-state index in [2.05, 4.69) is 33.8 Å². The van der Waals surface area contributed by atoms with Gasteiger partial charge < -0.3 is 5.11 Å². The minimum Gasteiger partial charge on any atom is -0.393 e. The first-order valence-electron chi connectivity index (χ1n) is 6.71. The van der Waals surface area contributed by atoms with Gasteiger partial charge in [-0.3, -0.25) is 0 Å². The number of aliphatic hydroxyl groups excluding tert-OH is 1. The SMILES string of the molecule is CC1=CC[C@@]2(CC1)C(O)CC(C)CC2(C)C. The maximum absolute atomic E-state index is 10.5. The van der Waals surface area contributed by atoms with Gasteiger partial charge in [0.15, 0.2) is 0 Å². The molecule has 2 rings (SSSR count). The molecule has 1 saturated carbocycles. The van der Waals surface area contributed by atoms with Crippen molar-refractivity contribution in [1.82, 2.24) is 0 Å². The Morgan fingerprint density at radius 2 is 2.06 bits per heavy atom.